The van der Waals surface area contributed by atoms with Gasteiger partial charge >= 0.3 is 0 Å². The van der Waals surface area contributed by atoms with E-state index in [0.717, 1.165) is 23.9 Å². The van der Waals surface area contributed by atoms with Gasteiger partial charge in [-0.3, -0.25) is 4.90 Å². The fraction of sp³-hybridized carbons (Fsp3) is 1.00. The molecule has 1 aliphatic heterocycles. The lowest BCUT2D eigenvalue weighted by molar-refractivity contribution is 0.226. The van der Waals surface area contributed by atoms with Crippen molar-refractivity contribution in [3.8, 4) is 0 Å². The van der Waals surface area contributed by atoms with Crippen molar-refractivity contribution < 1.29 is 0 Å². The van der Waals surface area contributed by atoms with Gasteiger partial charge in [-0.05, 0) is 44.4 Å². The molecule has 98 valence electrons. The van der Waals surface area contributed by atoms with E-state index in [2.05, 4.69) is 28.9 Å². The minimum absolute atomic E-state index is 0.788. The van der Waals surface area contributed by atoms with Crippen LogP contribution in [-0.2, 0) is 0 Å². The Hall–Kier alpha value is 0.270. The zero-order valence-electron chi connectivity index (χ0n) is 11.0. The van der Waals surface area contributed by atoms with Gasteiger partial charge in [0, 0.05) is 43.2 Å². The summed E-state index contributed by atoms with van der Waals surface area (Å²) >= 11 is 2.11. The van der Waals surface area contributed by atoms with E-state index < -0.39 is 0 Å². The lowest BCUT2D eigenvalue weighted by Crippen LogP contribution is -2.45. The summed E-state index contributed by atoms with van der Waals surface area (Å²) in [5, 5.41) is 3.86. The molecule has 0 aromatic rings. The molecule has 1 atom stereocenters. The average Bonchev–Trinajstić information content (AvgIpc) is 3.18. The van der Waals surface area contributed by atoms with E-state index in [9.17, 15) is 0 Å². The summed E-state index contributed by atoms with van der Waals surface area (Å²) in [6.45, 7) is 6.15. The maximum absolute atomic E-state index is 3.86. The van der Waals surface area contributed by atoms with Crippen LogP contribution in [0.1, 0.15) is 32.6 Å². The molecule has 0 aromatic heterocycles. The quantitative estimate of drug-likeness (QED) is 0.782. The molecule has 17 heavy (non-hydrogen) atoms. The van der Waals surface area contributed by atoms with Gasteiger partial charge in [0.1, 0.15) is 0 Å². The molecule has 3 fully saturated rings. The largest absolute Gasteiger partial charge is 0.312 e. The number of hydrogen-bond donors (Lipinski definition) is 1. The maximum atomic E-state index is 3.86. The molecular weight excluding hydrogens is 228 g/mol. The zero-order chi connectivity index (χ0) is 11.7. The smallest absolute Gasteiger partial charge is 0.0158 e. The first-order valence-corrected chi connectivity index (χ1v) is 8.55. The highest BCUT2D eigenvalue weighted by atomic mass is 32.2. The lowest BCUT2D eigenvalue weighted by atomic mass is 10.1. The molecule has 3 heteroatoms. The van der Waals surface area contributed by atoms with Gasteiger partial charge < -0.3 is 5.32 Å². The minimum atomic E-state index is 0.788. The molecule has 1 heterocycles. The van der Waals surface area contributed by atoms with E-state index in [0.29, 0.717) is 0 Å². The van der Waals surface area contributed by atoms with E-state index in [1.165, 1.54) is 56.8 Å². The summed E-state index contributed by atoms with van der Waals surface area (Å²) in [6, 6.07) is 1.67. The second-order valence-corrected chi connectivity index (χ2v) is 7.26. The van der Waals surface area contributed by atoms with Crippen molar-refractivity contribution in [2.24, 2.45) is 11.8 Å². The summed E-state index contributed by atoms with van der Waals surface area (Å²) in [6.07, 6.45) is 5.96. The summed E-state index contributed by atoms with van der Waals surface area (Å²) in [7, 11) is 0. The molecule has 2 nitrogen and oxygen atoms in total. The minimum Gasteiger partial charge on any atom is -0.312 e. The van der Waals surface area contributed by atoms with Crippen LogP contribution >= 0.6 is 11.8 Å². The number of nitrogens with zero attached hydrogens (tertiary/aromatic N) is 1. The van der Waals surface area contributed by atoms with Gasteiger partial charge in [0.05, 0.1) is 0 Å². The predicted octanol–water partition coefficient (Wildman–Crippen LogP) is 2.20. The van der Waals surface area contributed by atoms with E-state index in [1.54, 1.807) is 0 Å². The Kier molecular flexibility index (Phi) is 3.98. The van der Waals surface area contributed by atoms with Gasteiger partial charge in [-0.2, -0.15) is 11.8 Å². The Bertz CT molecular complexity index is 239. The topological polar surface area (TPSA) is 15.3 Å². The fourth-order valence-corrected chi connectivity index (χ4v) is 4.18. The van der Waals surface area contributed by atoms with Crippen molar-refractivity contribution in [3.05, 3.63) is 0 Å². The summed E-state index contributed by atoms with van der Waals surface area (Å²) in [4.78, 5) is 2.67. The molecule has 0 bridgehead atoms. The van der Waals surface area contributed by atoms with Crippen LogP contribution in [0.4, 0.5) is 0 Å². The molecule has 1 unspecified atom stereocenters. The SMILES string of the molecule is CC1CSCCN1CCNC(C1CC1)C1CC1. The highest BCUT2D eigenvalue weighted by Gasteiger charge is 2.40. The van der Waals surface area contributed by atoms with E-state index >= 15 is 0 Å². The second-order valence-electron chi connectivity index (χ2n) is 6.11. The zero-order valence-corrected chi connectivity index (χ0v) is 11.8. The third kappa shape index (κ3) is 3.39. The summed E-state index contributed by atoms with van der Waals surface area (Å²) < 4.78 is 0. The molecule has 3 aliphatic rings. The summed E-state index contributed by atoms with van der Waals surface area (Å²) in [5.74, 6) is 4.74. The Labute approximate surface area is 110 Å². The van der Waals surface area contributed by atoms with Gasteiger partial charge in [-0.25, -0.2) is 0 Å². The number of rotatable bonds is 6. The van der Waals surface area contributed by atoms with Crippen molar-refractivity contribution in [1.29, 1.82) is 0 Å². The van der Waals surface area contributed by atoms with Crippen LogP contribution in [0.15, 0.2) is 0 Å². The highest BCUT2D eigenvalue weighted by molar-refractivity contribution is 7.99. The molecule has 2 saturated carbocycles. The van der Waals surface area contributed by atoms with Crippen molar-refractivity contribution in [3.63, 3.8) is 0 Å². The first kappa shape index (κ1) is 12.3. The van der Waals surface area contributed by atoms with Crippen LogP contribution in [0.2, 0.25) is 0 Å². The van der Waals surface area contributed by atoms with Gasteiger partial charge in [-0.1, -0.05) is 0 Å². The molecule has 0 aromatic carbocycles. The Balaban J connectivity index is 1.38. The highest BCUT2D eigenvalue weighted by Crippen LogP contribution is 2.44. The molecule has 0 amide bonds. The van der Waals surface area contributed by atoms with Crippen molar-refractivity contribution in [1.82, 2.24) is 10.2 Å². The monoisotopic (exact) mass is 254 g/mol. The molecule has 0 radical (unpaired) electrons. The normalized spacial score (nSPS) is 31.1. The van der Waals surface area contributed by atoms with Crippen LogP contribution in [0.25, 0.3) is 0 Å². The molecule has 2 aliphatic carbocycles. The second kappa shape index (κ2) is 5.50. The number of nitrogens with one attached hydrogen (secondary N) is 1. The standard InChI is InChI=1S/C14H26N2S/c1-11-10-17-9-8-16(11)7-6-15-14(12-2-3-12)13-4-5-13/h11-15H,2-10H2,1H3. The lowest BCUT2D eigenvalue weighted by Gasteiger charge is -2.33. The van der Waals surface area contributed by atoms with Crippen molar-refractivity contribution in [2.45, 2.75) is 44.7 Å². The van der Waals surface area contributed by atoms with Crippen molar-refractivity contribution >= 4 is 11.8 Å². The van der Waals surface area contributed by atoms with Gasteiger partial charge in [0.25, 0.3) is 0 Å². The number of hydrogen-bond acceptors (Lipinski definition) is 3. The first-order chi connectivity index (χ1) is 8.34. The molecule has 0 spiro atoms. The van der Waals surface area contributed by atoms with Gasteiger partial charge in [0.15, 0.2) is 0 Å². The van der Waals surface area contributed by atoms with Crippen molar-refractivity contribution in [2.75, 3.05) is 31.1 Å². The average molecular weight is 254 g/mol. The van der Waals surface area contributed by atoms with Crippen LogP contribution in [0.3, 0.4) is 0 Å². The van der Waals surface area contributed by atoms with E-state index in [4.69, 9.17) is 0 Å². The van der Waals surface area contributed by atoms with E-state index in [-0.39, 0.29) is 0 Å². The molecule has 3 rings (SSSR count). The maximum Gasteiger partial charge on any atom is 0.0158 e. The molecule has 1 saturated heterocycles. The third-order valence-corrected chi connectivity index (χ3v) is 5.73. The Morgan fingerprint density at radius 3 is 2.53 bits per heavy atom. The van der Waals surface area contributed by atoms with Gasteiger partial charge in [-0.15, -0.1) is 0 Å². The van der Waals surface area contributed by atoms with Crippen LogP contribution in [0, 0.1) is 11.8 Å². The van der Waals surface area contributed by atoms with E-state index in [1.807, 2.05) is 0 Å². The predicted molar refractivity (Wildman–Crippen MR) is 75.6 cm³/mol. The molecular formula is C14H26N2S. The van der Waals surface area contributed by atoms with Crippen LogP contribution in [-0.4, -0.2) is 48.1 Å². The van der Waals surface area contributed by atoms with Gasteiger partial charge in [0.2, 0.25) is 0 Å². The van der Waals surface area contributed by atoms with Crippen LogP contribution < -0.4 is 5.32 Å². The first-order valence-electron chi connectivity index (χ1n) is 7.40. The molecule has 1 N–H and O–H groups in total. The summed E-state index contributed by atoms with van der Waals surface area (Å²) in [5.41, 5.74) is 0. The van der Waals surface area contributed by atoms with Crippen LogP contribution in [0.5, 0.6) is 0 Å². The Morgan fingerprint density at radius 1 is 1.24 bits per heavy atom. The number of thioether (sulfide) groups is 1. The fourth-order valence-electron chi connectivity index (χ4n) is 3.10. The third-order valence-electron chi connectivity index (χ3n) is 4.54. The Morgan fingerprint density at radius 2 is 1.94 bits per heavy atom.